The lowest BCUT2D eigenvalue weighted by Crippen LogP contribution is -2.74. The van der Waals surface area contributed by atoms with Gasteiger partial charge >= 0.3 is 18.3 Å². The van der Waals surface area contributed by atoms with Gasteiger partial charge in [0.25, 0.3) is 5.60 Å². The van der Waals surface area contributed by atoms with Gasteiger partial charge in [-0.2, -0.15) is 26.3 Å². The summed E-state index contributed by atoms with van der Waals surface area (Å²) < 4.78 is 93.2. The zero-order chi connectivity index (χ0) is 24.5. The van der Waals surface area contributed by atoms with Gasteiger partial charge in [-0.25, -0.2) is 4.79 Å². The Hall–Kier alpha value is -1.29. The van der Waals surface area contributed by atoms with Crippen LogP contribution in [0.25, 0.3) is 0 Å². The van der Waals surface area contributed by atoms with E-state index in [0.29, 0.717) is 46.0 Å². The Kier molecular flexibility index (Phi) is 5.82. The summed E-state index contributed by atoms with van der Waals surface area (Å²) in [6.45, 7) is 8.06. The third-order valence-electron chi connectivity index (χ3n) is 7.86. The molecule has 0 saturated heterocycles. The van der Waals surface area contributed by atoms with E-state index in [9.17, 15) is 36.2 Å². The minimum Gasteiger partial charge on any atom is -0.456 e. The number of esters is 1. The van der Waals surface area contributed by atoms with Gasteiger partial charge in [0.05, 0.1) is 5.60 Å². The molecule has 2 unspecified atom stereocenters. The maximum Gasteiger partial charge on any atom is 0.429 e. The second-order valence-electron chi connectivity index (χ2n) is 10.3. The molecular weight excluding hydrogens is 442 g/mol. The maximum absolute atomic E-state index is 13.6. The van der Waals surface area contributed by atoms with Crippen molar-refractivity contribution in [3.8, 4) is 0 Å². The van der Waals surface area contributed by atoms with E-state index in [1.807, 2.05) is 0 Å². The van der Waals surface area contributed by atoms with Crippen molar-refractivity contribution < 1.29 is 45.7 Å². The molecule has 2 atom stereocenters. The Labute approximate surface area is 183 Å². The van der Waals surface area contributed by atoms with Crippen LogP contribution in [0, 0.1) is 17.8 Å². The normalized spacial score (nSPS) is 35.2. The first kappa shape index (κ1) is 25.3. The zero-order valence-corrected chi connectivity index (χ0v) is 18.6. The predicted molar refractivity (Wildman–Crippen MR) is 102 cm³/mol. The minimum absolute atomic E-state index is 0.140. The SMILES string of the molecule is C=C(C)C(=O)OC12CC3CC(C1)C(CC)(OC(C)(C)C(O)(C(F)(F)F)C(F)(F)F)C(C3)C2. The molecule has 10 heteroatoms. The van der Waals surface area contributed by atoms with Crippen molar-refractivity contribution in [2.75, 3.05) is 0 Å². The zero-order valence-electron chi connectivity index (χ0n) is 18.6. The standard InChI is InChI=1S/C22H30F6O4/c1-6-19(32-17(4,5)20(30,21(23,24)25)22(26,27)28)14-7-13-8-15(19)11-18(9-13,10-14)31-16(29)12(2)3/h13-15,30H,2,6-11H2,1,3-5H3. The average molecular weight is 472 g/mol. The fourth-order valence-corrected chi connectivity index (χ4v) is 6.60. The molecule has 0 aliphatic heterocycles. The smallest absolute Gasteiger partial charge is 0.429 e. The van der Waals surface area contributed by atoms with Crippen LogP contribution < -0.4 is 0 Å². The second kappa shape index (κ2) is 7.35. The fourth-order valence-electron chi connectivity index (χ4n) is 6.60. The first-order valence-electron chi connectivity index (χ1n) is 10.8. The van der Waals surface area contributed by atoms with Crippen LogP contribution in [-0.2, 0) is 14.3 Å². The lowest BCUT2D eigenvalue weighted by Gasteiger charge is -2.65. The minimum atomic E-state index is -5.99. The number of hydrogen-bond acceptors (Lipinski definition) is 4. The van der Waals surface area contributed by atoms with Crippen molar-refractivity contribution in [2.45, 2.75) is 101 Å². The quantitative estimate of drug-likeness (QED) is 0.316. The highest BCUT2D eigenvalue weighted by molar-refractivity contribution is 5.87. The number of carbonyl (C=O) groups excluding carboxylic acids is 1. The molecule has 32 heavy (non-hydrogen) atoms. The number of aliphatic hydroxyl groups is 1. The van der Waals surface area contributed by atoms with Gasteiger partial charge in [0.1, 0.15) is 11.2 Å². The van der Waals surface area contributed by atoms with E-state index in [-0.39, 0.29) is 17.9 Å². The molecule has 4 nitrogen and oxygen atoms in total. The molecule has 0 aromatic heterocycles. The highest BCUT2D eigenvalue weighted by atomic mass is 19.4. The average Bonchev–Trinajstić information content (AvgIpc) is 2.61. The Morgan fingerprint density at radius 3 is 1.88 bits per heavy atom. The van der Waals surface area contributed by atoms with Crippen molar-refractivity contribution in [2.24, 2.45) is 17.8 Å². The van der Waals surface area contributed by atoms with Crippen molar-refractivity contribution in [3.63, 3.8) is 0 Å². The van der Waals surface area contributed by atoms with Gasteiger partial charge in [0, 0.05) is 5.57 Å². The molecule has 0 aromatic rings. The Morgan fingerprint density at radius 2 is 1.50 bits per heavy atom. The molecule has 184 valence electrons. The Bertz CT molecular complexity index is 754. The molecule has 4 bridgehead atoms. The number of halogens is 6. The highest BCUT2D eigenvalue weighted by Crippen LogP contribution is 2.65. The van der Waals surface area contributed by atoms with Crippen LogP contribution in [0.15, 0.2) is 12.2 Å². The van der Waals surface area contributed by atoms with Crippen LogP contribution in [0.5, 0.6) is 0 Å². The van der Waals surface area contributed by atoms with E-state index >= 15 is 0 Å². The summed E-state index contributed by atoms with van der Waals surface area (Å²) in [6.07, 6.45) is -9.50. The molecule has 4 saturated carbocycles. The van der Waals surface area contributed by atoms with Crippen LogP contribution in [-0.4, -0.2) is 45.8 Å². The van der Waals surface area contributed by atoms with Gasteiger partial charge in [-0.15, -0.1) is 0 Å². The molecule has 4 aliphatic carbocycles. The topological polar surface area (TPSA) is 55.8 Å². The number of hydrogen-bond donors (Lipinski definition) is 1. The molecule has 4 fully saturated rings. The van der Waals surface area contributed by atoms with Crippen molar-refractivity contribution >= 4 is 5.97 Å². The van der Waals surface area contributed by atoms with Gasteiger partial charge in [-0.3, -0.25) is 0 Å². The van der Waals surface area contributed by atoms with Crippen molar-refractivity contribution in [1.82, 2.24) is 0 Å². The fraction of sp³-hybridized carbons (Fsp3) is 0.864. The summed E-state index contributed by atoms with van der Waals surface area (Å²) in [4.78, 5) is 12.2. The van der Waals surface area contributed by atoms with Crippen LogP contribution in [0.3, 0.4) is 0 Å². The molecule has 4 rings (SSSR count). The summed E-state index contributed by atoms with van der Waals surface area (Å²) in [6, 6.07) is 0. The van der Waals surface area contributed by atoms with Gasteiger partial charge in [-0.1, -0.05) is 13.5 Å². The molecular formula is C22H30F6O4. The van der Waals surface area contributed by atoms with E-state index in [0.717, 1.165) is 0 Å². The third-order valence-corrected chi connectivity index (χ3v) is 7.86. The van der Waals surface area contributed by atoms with Gasteiger partial charge in [-0.05, 0) is 77.0 Å². The van der Waals surface area contributed by atoms with Crippen LogP contribution in [0.1, 0.15) is 66.2 Å². The Morgan fingerprint density at radius 1 is 1.03 bits per heavy atom. The van der Waals surface area contributed by atoms with Gasteiger partial charge in [0.2, 0.25) is 0 Å². The summed E-state index contributed by atoms with van der Waals surface area (Å²) >= 11 is 0. The highest BCUT2D eigenvalue weighted by Gasteiger charge is 2.79. The third kappa shape index (κ3) is 3.56. The van der Waals surface area contributed by atoms with Crippen molar-refractivity contribution in [1.29, 1.82) is 0 Å². The lowest BCUT2D eigenvalue weighted by atomic mass is 9.47. The summed E-state index contributed by atoms with van der Waals surface area (Å²) in [5, 5.41) is 10.1. The number of carbonyl (C=O) groups is 1. The second-order valence-corrected chi connectivity index (χ2v) is 10.3. The molecule has 0 heterocycles. The van der Waals surface area contributed by atoms with Gasteiger partial charge in [0.15, 0.2) is 0 Å². The molecule has 0 spiro atoms. The van der Waals surface area contributed by atoms with E-state index in [1.54, 1.807) is 6.92 Å². The van der Waals surface area contributed by atoms with E-state index in [4.69, 9.17) is 9.47 Å². The molecule has 0 amide bonds. The molecule has 1 N–H and O–H groups in total. The van der Waals surface area contributed by atoms with E-state index in [2.05, 4.69) is 6.58 Å². The summed E-state index contributed by atoms with van der Waals surface area (Å²) in [5.74, 6) is -1.22. The molecule has 0 radical (unpaired) electrons. The van der Waals surface area contributed by atoms with Crippen molar-refractivity contribution in [3.05, 3.63) is 12.2 Å². The van der Waals surface area contributed by atoms with Crippen LogP contribution in [0.4, 0.5) is 26.3 Å². The van der Waals surface area contributed by atoms with Crippen LogP contribution in [0.2, 0.25) is 0 Å². The number of alkyl halides is 6. The number of rotatable bonds is 6. The van der Waals surface area contributed by atoms with Crippen LogP contribution >= 0.6 is 0 Å². The largest absolute Gasteiger partial charge is 0.456 e. The first-order chi connectivity index (χ1) is 14.3. The Balaban J connectivity index is 1.98. The summed E-state index contributed by atoms with van der Waals surface area (Å²) in [5.41, 5.74) is -9.95. The molecule has 4 aliphatic rings. The molecule has 0 aromatic carbocycles. The monoisotopic (exact) mass is 472 g/mol. The van der Waals surface area contributed by atoms with E-state index < -0.39 is 52.6 Å². The maximum atomic E-state index is 13.6. The van der Waals surface area contributed by atoms with Gasteiger partial charge < -0.3 is 14.6 Å². The lowest BCUT2D eigenvalue weighted by molar-refractivity contribution is -0.430. The summed E-state index contributed by atoms with van der Waals surface area (Å²) in [7, 11) is 0. The van der Waals surface area contributed by atoms with E-state index in [1.165, 1.54) is 6.92 Å². The number of ether oxygens (including phenoxy) is 2. The predicted octanol–water partition coefficient (Wildman–Crippen LogP) is 5.48. The first-order valence-corrected chi connectivity index (χ1v) is 10.8.